The Morgan fingerprint density at radius 3 is 2.59 bits per heavy atom. The predicted octanol–water partition coefficient (Wildman–Crippen LogP) is -0.0108. The van der Waals surface area contributed by atoms with E-state index in [4.69, 9.17) is 16.2 Å². The summed E-state index contributed by atoms with van der Waals surface area (Å²) in [7, 11) is 0. The van der Waals surface area contributed by atoms with Gasteiger partial charge >= 0.3 is 0 Å². The number of ether oxygens (including phenoxy) is 1. The highest BCUT2D eigenvalue weighted by atomic mass is 16.5. The molecule has 6 heteroatoms. The zero-order valence-corrected chi connectivity index (χ0v) is 10.3. The first kappa shape index (κ1) is 13.7. The molecule has 0 amide bonds. The molecule has 0 saturated heterocycles. The molecule has 1 heterocycles. The topological polar surface area (TPSA) is 90.3 Å². The molecule has 0 bridgehead atoms. The number of aromatic nitrogens is 2. The van der Waals surface area contributed by atoms with E-state index in [0.717, 1.165) is 6.42 Å². The first-order chi connectivity index (χ1) is 8.31. The summed E-state index contributed by atoms with van der Waals surface area (Å²) in [4.78, 5) is 10.5. The van der Waals surface area contributed by atoms with Crippen LogP contribution in [-0.4, -0.2) is 42.8 Å². The van der Waals surface area contributed by atoms with E-state index in [1.165, 1.54) is 0 Å². The van der Waals surface area contributed by atoms with Crippen molar-refractivity contribution in [3.8, 4) is 5.88 Å². The molecule has 96 valence electrons. The second-order valence-electron chi connectivity index (χ2n) is 3.61. The molecule has 4 N–H and O–H groups in total. The van der Waals surface area contributed by atoms with Crippen molar-refractivity contribution >= 4 is 5.95 Å². The highest BCUT2D eigenvalue weighted by molar-refractivity contribution is 5.31. The van der Waals surface area contributed by atoms with Crippen LogP contribution in [0.4, 0.5) is 5.95 Å². The number of hydrogen-bond donors (Lipinski definition) is 2. The minimum absolute atomic E-state index is 0.545. The van der Waals surface area contributed by atoms with Gasteiger partial charge in [0.1, 0.15) is 0 Å². The zero-order valence-electron chi connectivity index (χ0n) is 10.3. The Morgan fingerprint density at radius 1 is 1.29 bits per heavy atom. The summed E-state index contributed by atoms with van der Waals surface area (Å²) in [5.74, 6) is 1.21. The molecule has 1 rings (SSSR count). The van der Waals surface area contributed by atoms with Crippen molar-refractivity contribution in [3.63, 3.8) is 0 Å². The van der Waals surface area contributed by atoms with Crippen molar-refractivity contribution in [2.75, 3.05) is 37.7 Å². The SMILES string of the molecule is CCCOc1ccnc(N(CCN)CCN)n1. The first-order valence-electron chi connectivity index (χ1n) is 5.92. The van der Waals surface area contributed by atoms with Gasteiger partial charge in [-0.25, -0.2) is 4.98 Å². The third kappa shape index (κ3) is 4.54. The molecule has 1 aromatic heterocycles. The van der Waals surface area contributed by atoms with E-state index in [2.05, 4.69) is 16.9 Å². The van der Waals surface area contributed by atoms with Crippen molar-refractivity contribution in [3.05, 3.63) is 12.3 Å². The average molecular weight is 239 g/mol. The van der Waals surface area contributed by atoms with Crippen molar-refractivity contribution in [1.29, 1.82) is 0 Å². The Kier molecular flexibility index (Phi) is 6.27. The Bertz CT molecular complexity index is 314. The maximum Gasteiger partial charge on any atom is 0.228 e. The van der Waals surface area contributed by atoms with Crippen LogP contribution in [0.2, 0.25) is 0 Å². The number of rotatable bonds is 8. The molecule has 0 atom stereocenters. The molecule has 0 saturated carbocycles. The molecule has 0 aliphatic carbocycles. The van der Waals surface area contributed by atoms with Gasteiger partial charge < -0.3 is 21.1 Å². The van der Waals surface area contributed by atoms with E-state index in [9.17, 15) is 0 Å². The molecule has 17 heavy (non-hydrogen) atoms. The van der Waals surface area contributed by atoms with Crippen molar-refractivity contribution in [1.82, 2.24) is 9.97 Å². The van der Waals surface area contributed by atoms with Gasteiger partial charge in [-0.15, -0.1) is 0 Å². The number of hydrogen-bond acceptors (Lipinski definition) is 6. The van der Waals surface area contributed by atoms with E-state index in [-0.39, 0.29) is 0 Å². The lowest BCUT2D eigenvalue weighted by Gasteiger charge is -2.21. The molecule has 0 aliphatic heterocycles. The van der Waals surface area contributed by atoms with E-state index in [1.807, 2.05) is 4.90 Å². The Hall–Kier alpha value is -1.40. The van der Waals surface area contributed by atoms with Crippen molar-refractivity contribution in [2.24, 2.45) is 11.5 Å². The average Bonchev–Trinajstić information content (AvgIpc) is 2.36. The molecule has 6 nitrogen and oxygen atoms in total. The van der Waals surface area contributed by atoms with Gasteiger partial charge in [-0.05, 0) is 6.42 Å². The fraction of sp³-hybridized carbons (Fsp3) is 0.636. The molecule has 0 fully saturated rings. The van der Waals surface area contributed by atoms with Crippen LogP contribution in [0.3, 0.4) is 0 Å². The summed E-state index contributed by atoms with van der Waals surface area (Å²) in [6.45, 7) is 5.18. The van der Waals surface area contributed by atoms with Gasteiger partial charge in [0.15, 0.2) is 0 Å². The lowest BCUT2D eigenvalue weighted by atomic mass is 10.4. The van der Waals surface area contributed by atoms with Gasteiger partial charge in [0.25, 0.3) is 0 Å². The highest BCUT2D eigenvalue weighted by Gasteiger charge is 2.08. The molecule has 0 aliphatic rings. The highest BCUT2D eigenvalue weighted by Crippen LogP contribution is 2.12. The lowest BCUT2D eigenvalue weighted by Crippen LogP contribution is -2.35. The number of nitrogens with two attached hydrogens (primary N) is 2. The normalized spacial score (nSPS) is 10.3. The maximum atomic E-state index is 5.55. The fourth-order valence-corrected chi connectivity index (χ4v) is 1.40. The van der Waals surface area contributed by atoms with Crippen molar-refractivity contribution in [2.45, 2.75) is 13.3 Å². The maximum absolute atomic E-state index is 5.55. The second-order valence-corrected chi connectivity index (χ2v) is 3.61. The second kappa shape index (κ2) is 7.81. The number of anilines is 1. The molecule has 0 aromatic carbocycles. The monoisotopic (exact) mass is 239 g/mol. The van der Waals surface area contributed by atoms with Crippen molar-refractivity contribution < 1.29 is 4.74 Å². The number of nitrogens with zero attached hydrogens (tertiary/aromatic N) is 3. The summed E-state index contributed by atoms with van der Waals surface area (Å²) in [5.41, 5.74) is 11.1. The minimum Gasteiger partial charge on any atom is -0.478 e. The van der Waals surface area contributed by atoms with Crippen LogP contribution in [0.15, 0.2) is 12.3 Å². The Labute approximate surface area is 102 Å². The third-order valence-electron chi connectivity index (χ3n) is 2.15. The van der Waals surface area contributed by atoms with Crippen LogP contribution in [-0.2, 0) is 0 Å². The van der Waals surface area contributed by atoms with E-state index in [1.54, 1.807) is 12.3 Å². The lowest BCUT2D eigenvalue weighted by molar-refractivity contribution is 0.304. The molecule has 0 unspecified atom stereocenters. The molecule has 0 radical (unpaired) electrons. The first-order valence-corrected chi connectivity index (χ1v) is 5.92. The fourth-order valence-electron chi connectivity index (χ4n) is 1.40. The van der Waals surface area contributed by atoms with Gasteiger partial charge in [0, 0.05) is 38.4 Å². The molecular weight excluding hydrogens is 218 g/mol. The van der Waals surface area contributed by atoms with Gasteiger partial charge in [-0.3, -0.25) is 0 Å². The summed E-state index contributed by atoms with van der Waals surface area (Å²) >= 11 is 0. The molecule has 1 aromatic rings. The van der Waals surface area contributed by atoms with Crippen LogP contribution < -0.4 is 21.1 Å². The Balaban J connectivity index is 2.72. The summed E-state index contributed by atoms with van der Waals surface area (Å²) in [6, 6.07) is 1.75. The van der Waals surface area contributed by atoms with E-state index >= 15 is 0 Å². The van der Waals surface area contributed by atoms with E-state index < -0.39 is 0 Å². The summed E-state index contributed by atoms with van der Waals surface area (Å²) < 4.78 is 5.46. The predicted molar refractivity (Wildman–Crippen MR) is 68.1 cm³/mol. The largest absolute Gasteiger partial charge is 0.478 e. The van der Waals surface area contributed by atoms with Gasteiger partial charge in [0.2, 0.25) is 11.8 Å². The van der Waals surface area contributed by atoms with Gasteiger partial charge in [-0.1, -0.05) is 6.92 Å². The van der Waals surface area contributed by atoms with E-state index in [0.29, 0.717) is 44.6 Å². The molecular formula is C11H21N5O. The van der Waals surface area contributed by atoms with Crippen LogP contribution >= 0.6 is 0 Å². The van der Waals surface area contributed by atoms with Crippen LogP contribution in [0.25, 0.3) is 0 Å². The summed E-state index contributed by atoms with van der Waals surface area (Å²) in [6.07, 6.45) is 2.64. The molecule has 0 spiro atoms. The van der Waals surface area contributed by atoms with Crippen LogP contribution in [0.1, 0.15) is 13.3 Å². The zero-order chi connectivity index (χ0) is 12.5. The van der Waals surface area contributed by atoms with Gasteiger partial charge in [-0.2, -0.15) is 4.98 Å². The smallest absolute Gasteiger partial charge is 0.228 e. The third-order valence-corrected chi connectivity index (χ3v) is 2.15. The summed E-state index contributed by atoms with van der Waals surface area (Å²) in [5, 5.41) is 0. The minimum atomic E-state index is 0.545. The quantitative estimate of drug-likeness (QED) is 0.663. The van der Waals surface area contributed by atoms with Crippen LogP contribution in [0, 0.1) is 0 Å². The Morgan fingerprint density at radius 2 is 2.00 bits per heavy atom. The van der Waals surface area contributed by atoms with Gasteiger partial charge in [0.05, 0.1) is 6.61 Å². The van der Waals surface area contributed by atoms with Crippen LogP contribution in [0.5, 0.6) is 5.88 Å². The standard InChI is InChI=1S/C11H21N5O/c1-2-9-17-10-3-6-14-11(15-10)16(7-4-12)8-5-13/h3,6H,2,4-5,7-9,12-13H2,1H3.